The van der Waals surface area contributed by atoms with Crippen LogP contribution in [0.15, 0.2) is 29.8 Å². The number of hydrogen-bond donors (Lipinski definition) is 1. The topological polar surface area (TPSA) is 105 Å². The van der Waals surface area contributed by atoms with Gasteiger partial charge in [0.05, 0.1) is 17.9 Å². The van der Waals surface area contributed by atoms with Gasteiger partial charge < -0.3 is 19.9 Å². The van der Waals surface area contributed by atoms with E-state index in [2.05, 4.69) is 6.92 Å². The predicted molar refractivity (Wildman–Crippen MR) is 144 cm³/mol. The Bertz CT molecular complexity index is 881. The van der Waals surface area contributed by atoms with Gasteiger partial charge in [-0.2, -0.15) is 0 Å². The van der Waals surface area contributed by atoms with Crippen LogP contribution in [0.4, 0.5) is 0 Å². The van der Waals surface area contributed by atoms with Crippen molar-refractivity contribution in [2.45, 2.75) is 116 Å². The Kier molecular flexibility index (Phi) is 13.2. The number of nitrogens with two attached hydrogens (primary N) is 1. The first-order valence-corrected chi connectivity index (χ1v) is 14.0. The number of esters is 3. The molecular formula is C30H45NO6. The zero-order valence-electron chi connectivity index (χ0n) is 22.9. The Morgan fingerprint density at radius 3 is 1.59 bits per heavy atom. The molecule has 0 aromatic heterocycles. The number of unbranched alkanes of at least 4 members (excludes halogenated alkanes) is 13. The molecule has 0 spiro atoms. The van der Waals surface area contributed by atoms with E-state index in [-0.39, 0.29) is 11.3 Å². The highest BCUT2D eigenvalue weighted by Gasteiger charge is 2.40. The highest BCUT2D eigenvalue weighted by Crippen LogP contribution is 2.26. The van der Waals surface area contributed by atoms with Crippen LogP contribution in [0, 0.1) is 0 Å². The molecule has 0 bridgehead atoms. The Balaban J connectivity index is 1.60. The van der Waals surface area contributed by atoms with Crippen LogP contribution < -0.4 is 5.73 Å². The van der Waals surface area contributed by atoms with Crippen molar-refractivity contribution >= 4 is 23.6 Å². The zero-order valence-corrected chi connectivity index (χ0v) is 22.9. The standard InChI is InChI=1S/C30H45NO6/c1-4-5-6-7-8-9-10-11-12-13-14-15-16-17-22-35-27(32)24-20-18-23(19-21-24)26(31)25-28(33)36-30(2,3)37-29(25)34/h18-21H,4-17,22,31H2,1-3H3. The molecule has 1 heterocycles. The molecule has 0 atom stereocenters. The van der Waals surface area contributed by atoms with Crippen molar-refractivity contribution in [3.8, 4) is 0 Å². The summed E-state index contributed by atoms with van der Waals surface area (Å²) in [6, 6.07) is 6.23. The largest absolute Gasteiger partial charge is 0.462 e. The predicted octanol–water partition coefficient (Wildman–Crippen LogP) is 6.83. The summed E-state index contributed by atoms with van der Waals surface area (Å²) in [4.78, 5) is 36.7. The first-order valence-electron chi connectivity index (χ1n) is 14.0. The Labute approximate surface area is 222 Å². The minimum Gasteiger partial charge on any atom is -0.462 e. The van der Waals surface area contributed by atoms with Crippen molar-refractivity contribution in [3.63, 3.8) is 0 Å². The summed E-state index contributed by atoms with van der Waals surface area (Å²) in [6.45, 7) is 5.58. The molecule has 2 N–H and O–H groups in total. The van der Waals surface area contributed by atoms with Crippen LogP contribution in [0.2, 0.25) is 0 Å². The van der Waals surface area contributed by atoms with Crippen LogP contribution in [0.5, 0.6) is 0 Å². The first-order chi connectivity index (χ1) is 17.7. The van der Waals surface area contributed by atoms with E-state index in [1.165, 1.54) is 90.9 Å². The third-order valence-electron chi connectivity index (χ3n) is 6.52. The molecule has 1 aliphatic heterocycles. The lowest BCUT2D eigenvalue weighted by Gasteiger charge is -2.30. The summed E-state index contributed by atoms with van der Waals surface area (Å²) in [5.74, 6) is -3.42. The summed E-state index contributed by atoms with van der Waals surface area (Å²) in [5.41, 5.74) is 6.40. The van der Waals surface area contributed by atoms with Gasteiger partial charge in [-0.1, -0.05) is 103 Å². The van der Waals surface area contributed by atoms with Crippen LogP contribution in [0.25, 0.3) is 5.70 Å². The van der Waals surface area contributed by atoms with Crippen molar-refractivity contribution in [2.75, 3.05) is 6.61 Å². The molecule has 1 aliphatic rings. The van der Waals surface area contributed by atoms with Gasteiger partial charge in [0.1, 0.15) is 0 Å². The Morgan fingerprint density at radius 2 is 1.14 bits per heavy atom. The number of benzene rings is 1. The second-order valence-electron chi connectivity index (χ2n) is 10.3. The monoisotopic (exact) mass is 515 g/mol. The maximum Gasteiger partial charge on any atom is 0.351 e. The number of hydrogen-bond acceptors (Lipinski definition) is 7. The van der Waals surface area contributed by atoms with E-state index in [0.717, 1.165) is 12.8 Å². The van der Waals surface area contributed by atoms with Gasteiger partial charge in [0, 0.05) is 13.8 Å². The molecule has 7 heteroatoms. The summed E-state index contributed by atoms with van der Waals surface area (Å²) >= 11 is 0. The second kappa shape index (κ2) is 16.1. The molecule has 1 aromatic rings. The molecular weight excluding hydrogens is 470 g/mol. The average Bonchev–Trinajstić information content (AvgIpc) is 2.85. The van der Waals surface area contributed by atoms with E-state index in [9.17, 15) is 14.4 Å². The highest BCUT2D eigenvalue weighted by molar-refractivity contribution is 6.20. The van der Waals surface area contributed by atoms with E-state index in [1.54, 1.807) is 24.3 Å². The minimum absolute atomic E-state index is 0.0622. The quantitative estimate of drug-likeness (QED) is 0.105. The molecule has 7 nitrogen and oxygen atoms in total. The van der Waals surface area contributed by atoms with Crippen molar-refractivity contribution in [1.29, 1.82) is 0 Å². The fourth-order valence-electron chi connectivity index (χ4n) is 4.35. The molecule has 37 heavy (non-hydrogen) atoms. The van der Waals surface area contributed by atoms with Gasteiger partial charge in [-0.15, -0.1) is 0 Å². The summed E-state index contributed by atoms with van der Waals surface area (Å²) in [7, 11) is 0. The van der Waals surface area contributed by atoms with Crippen molar-refractivity contribution in [1.82, 2.24) is 0 Å². The maximum absolute atomic E-state index is 12.3. The highest BCUT2D eigenvalue weighted by atomic mass is 16.7. The van der Waals surface area contributed by atoms with Gasteiger partial charge >= 0.3 is 17.9 Å². The fourth-order valence-corrected chi connectivity index (χ4v) is 4.35. The SMILES string of the molecule is CCCCCCCCCCCCCCCCOC(=O)c1ccc(C(N)=C2C(=O)OC(C)(C)OC2=O)cc1. The number of ether oxygens (including phenoxy) is 3. The van der Waals surface area contributed by atoms with Gasteiger partial charge in [-0.05, 0) is 24.1 Å². The molecule has 0 radical (unpaired) electrons. The normalized spacial score (nSPS) is 14.7. The number of carbonyl (C=O) groups is 3. The van der Waals surface area contributed by atoms with E-state index in [1.807, 2.05) is 0 Å². The second-order valence-corrected chi connectivity index (χ2v) is 10.3. The van der Waals surface area contributed by atoms with E-state index >= 15 is 0 Å². The maximum atomic E-state index is 12.3. The molecule has 0 aliphatic carbocycles. The van der Waals surface area contributed by atoms with Gasteiger partial charge in [-0.3, -0.25) is 0 Å². The van der Waals surface area contributed by atoms with Crippen LogP contribution >= 0.6 is 0 Å². The molecule has 0 unspecified atom stereocenters. The van der Waals surface area contributed by atoms with E-state index in [4.69, 9.17) is 19.9 Å². The lowest BCUT2D eigenvalue weighted by Crippen LogP contribution is -2.42. The molecule has 1 saturated heterocycles. The third-order valence-corrected chi connectivity index (χ3v) is 6.52. The Hall–Kier alpha value is -2.83. The van der Waals surface area contributed by atoms with Gasteiger partial charge in [-0.25, -0.2) is 14.4 Å². The van der Waals surface area contributed by atoms with Crippen molar-refractivity contribution < 1.29 is 28.6 Å². The van der Waals surface area contributed by atoms with Crippen LogP contribution in [-0.2, 0) is 23.8 Å². The molecule has 0 amide bonds. The fraction of sp³-hybridized carbons (Fsp3) is 0.633. The van der Waals surface area contributed by atoms with E-state index in [0.29, 0.717) is 17.7 Å². The van der Waals surface area contributed by atoms with Crippen LogP contribution in [0.1, 0.15) is 127 Å². The van der Waals surface area contributed by atoms with Gasteiger partial charge in [0.15, 0.2) is 5.57 Å². The third kappa shape index (κ3) is 11.0. The average molecular weight is 516 g/mol. The van der Waals surface area contributed by atoms with Crippen molar-refractivity contribution in [3.05, 3.63) is 41.0 Å². The van der Waals surface area contributed by atoms with Gasteiger partial charge in [0.25, 0.3) is 5.79 Å². The minimum atomic E-state index is -1.33. The zero-order chi connectivity index (χ0) is 27.1. The molecule has 1 aromatic carbocycles. The molecule has 206 valence electrons. The molecule has 2 rings (SSSR count). The first kappa shape index (κ1) is 30.4. The van der Waals surface area contributed by atoms with E-state index < -0.39 is 23.7 Å². The smallest absolute Gasteiger partial charge is 0.351 e. The molecule has 1 fully saturated rings. The summed E-state index contributed by atoms with van der Waals surface area (Å²) in [5, 5.41) is 0. The van der Waals surface area contributed by atoms with Crippen LogP contribution in [0.3, 0.4) is 0 Å². The molecule has 0 saturated carbocycles. The number of cyclic esters (lactones) is 2. The lowest BCUT2D eigenvalue weighted by atomic mass is 10.0. The Morgan fingerprint density at radius 1 is 0.730 bits per heavy atom. The van der Waals surface area contributed by atoms with Crippen LogP contribution in [-0.4, -0.2) is 30.3 Å². The van der Waals surface area contributed by atoms with Gasteiger partial charge in [0.2, 0.25) is 0 Å². The number of rotatable bonds is 17. The summed E-state index contributed by atoms with van der Waals surface area (Å²) < 4.78 is 15.6. The summed E-state index contributed by atoms with van der Waals surface area (Å²) in [6.07, 6.45) is 17.9. The lowest BCUT2D eigenvalue weighted by molar-refractivity contribution is -0.222. The van der Waals surface area contributed by atoms with Crippen molar-refractivity contribution in [2.24, 2.45) is 5.73 Å². The number of carbonyl (C=O) groups excluding carboxylic acids is 3.